The third kappa shape index (κ3) is 10.4. The molecule has 0 amide bonds. The number of aromatic hydroxyl groups is 4. The molecule has 23 nitrogen and oxygen atoms in total. The number of phenolic OH excluding ortho intramolecular Hbond substituents is 4. The Morgan fingerprint density at radius 2 is 1.32 bits per heavy atom. The van der Waals surface area contributed by atoms with Crippen molar-refractivity contribution in [2.75, 3.05) is 39.6 Å². The Bertz CT molecular complexity index is 1850. The van der Waals surface area contributed by atoms with Crippen LogP contribution in [-0.2, 0) is 53.8 Å². The second-order valence-corrected chi connectivity index (χ2v) is 15.5. The molecule has 62 heavy (non-hydrogen) atoms. The average Bonchev–Trinajstić information content (AvgIpc) is 3.70. The van der Waals surface area contributed by atoms with Crippen molar-refractivity contribution >= 4 is 12.0 Å². The minimum absolute atomic E-state index is 0.0929. The second-order valence-electron chi connectivity index (χ2n) is 15.5. The van der Waals surface area contributed by atoms with E-state index >= 15 is 0 Å². The first kappa shape index (κ1) is 47.6. The normalized spacial score (nSPS) is 38.7. The molecule has 4 heterocycles. The molecule has 4 fully saturated rings. The van der Waals surface area contributed by atoms with Crippen molar-refractivity contribution in [1.29, 1.82) is 0 Å². The van der Waals surface area contributed by atoms with Crippen molar-refractivity contribution < 1.29 is 114 Å². The Balaban J connectivity index is 1.26. The van der Waals surface area contributed by atoms with Gasteiger partial charge in [-0.3, -0.25) is 0 Å². The van der Waals surface area contributed by atoms with E-state index in [9.17, 15) is 71.2 Å². The van der Waals surface area contributed by atoms with Crippen LogP contribution in [0.1, 0.15) is 18.1 Å². The number of rotatable bonds is 16. The second kappa shape index (κ2) is 19.9. The third-order valence-corrected chi connectivity index (χ3v) is 10.9. The predicted octanol–water partition coefficient (Wildman–Crippen LogP) is -4.09. The van der Waals surface area contributed by atoms with Crippen molar-refractivity contribution in [3.8, 4) is 23.0 Å². The van der Waals surface area contributed by atoms with E-state index in [1.165, 1.54) is 43.3 Å². The zero-order valence-corrected chi connectivity index (χ0v) is 33.0. The highest BCUT2D eigenvalue weighted by Crippen LogP contribution is 2.36. The van der Waals surface area contributed by atoms with E-state index in [1.807, 2.05) is 0 Å². The lowest BCUT2D eigenvalue weighted by Crippen LogP contribution is -2.65. The van der Waals surface area contributed by atoms with Gasteiger partial charge in [-0.05, 0) is 54.8 Å². The maximum atomic E-state index is 13.4. The molecule has 0 aliphatic carbocycles. The predicted molar refractivity (Wildman–Crippen MR) is 200 cm³/mol. The molecule has 13 N–H and O–H groups in total. The number of hydrogen-bond acceptors (Lipinski definition) is 23. The third-order valence-electron chi connectivity index (χ3n) is 10.9. The van der Waals surface area contributed by atoms with Crippen molar-refractivity contribution in [2.24, 2.45) is 0 Å². The zero-order valence-electron chi connectivity index (χ0n) is 33.0. The SMILES string of the molecule is C[C@@H]1O[C@@H](O[C@@H]2[C@@H](O)[C@H](OCCc3ccc(O)c(O)c3)O[C@H](CO[C@@H]3OC[C@](O)(CO)[C@H]3O)[C@H]2OC(=O)/C=C/c2ccc(O)c(O)c2)[C@H](O)[C@H](O)[C@H]1O[C@@H]1OC[C@](O)(CO)[C@H]1O. The van der Waals surface area contributed by atoms with Gasteiger partial charge in [-0.15, -0.1) is 0 Å². The van der Waals surface area contributed by atoms with Gasteiger partial charge in [-0.1, -0.05) is 12.1 Å². The fraction of sp³-hybridized carbons (Fsp3) is 0.615. The van der Waals surface area contributed by atoms with Crippen LogP contribution in [0.25, 0.3) is 6.08 Å². The highest BCUT2D eigenvalue weighted by Gasteiger charge is 2.56. The van der Waals surface area contributed by atoms with Crippen molar-refractivity contribution in [3.05, 3.63) is 53.6 Å². The van der Waals surface area contributed by atoms with Crippen LogP contribution in [0.15, 0.2) is 42.5 Å². The van der Waals surface area contributed by atoms with Gasteiger partial charge in [-0.25, -0.2) is 4.79 Å². The molecule has 4 aliphatic rings. The molecule has 346 valence electrons. The summed E-state index contributed by atoms with van der Waals surface area (Å²) in [4.78, 5) is 13.4. The van der Waals surface area contributed by atoms with Gasteiger partial charge in [0.25, 0.3) is 0 Å². The van der Waals surface area contributed by atoms with Gasteiger partial charge >= 0.3 is 5.97 Å². The van der Waals surface area contributed by atoms with Crippen LogP contribution in [0, 0.1) is 0 Å². The lowest BCUT2D eigenvalue weighted by Gasteiger charge is -2.47. The smallest absolute Gasteiger partial charge is 0.331 e. The van der Waals surface area contributed by atoms with Crippen LogP contribution in [0.4, 0.5) is 0 Å². The first-order valence-electron chi connectivity index (χ1n) is 19.4. The van der Waals surface area contributed by atoms with E-state index in [0.29, 0.717) is 5.56 Å². The van der Waals surface area contributed by atoms with Gasteiger partial charge in [0.05, 0.1) is 45.7 Å². The maximum Gasteiger partial charge on any atom is 0.331 e. The van der Waals surface area contributed by atoms with Crippen LogP contribution in [-0.4, -0.2) is 209 Å². The Morgan fingerprint density at radius 1 is 0.710 bits per heavy atom. The molecular formula is C39H52O23. The standard InChI is InChI=1S/C39H52O23/c1-17-29(61-37-33(51)39(53,14-41)16-57-37)26(47)27(48)35(58-17)62-31-28(49)34(54-9-8-19-3-6-21(43)23(45)11-19)59-24(12-55-36-32(50)38(52,13-40)15-56-36)30(31)60-25(46)7-4-18-2-5-20(42)22(44)10-18/h2-7,10-11,17,24,26-37,40-45,47-53H,8-9,12-16H2,1H3/b7-4+/t17-,24+,26-,27+,28+,29-,30+,31+,32-,33-,34+,35-,36+,37-,38+,39+/m0/s1. The first-order valence-corrected chi connectivity index (χ1v) is 19.4. The van der Waals surface area contributed by atoms with E-state index < -0.39 is 154 Å². The van der Waals surface area contributed by atoms with E-state index in [-0.39, 0.29) is 24.3 Å². The van der Waals surface area contributed by atoms with E-state index in [2.05, 4.69) is 0 Å². The van der Waals surface area contributed by atoms with Gasteiger partial charge in [0, 0.05) is 6.08 Å². The molecule has 4 aliphatic heterocycles. The summed E-state index contributed by atoms with van der Waals surface area (Å²) in [6.07, 6.45) is -21.3. The van der Waals surface area contributed by atoms with Gasteiger partial charge < -0.3 is 109 Å². The summed E-state index contributed by atoms with van der Waals surface area (Å²) >= 11 is 0. The topological polar surface area (TPSA) is 363 Å². The van der Waals surface area contributed by atoms with Crippen molar-refractivity contribution in [1.82, 2.24) is 0 Å². The molecule has 16 atom stereocenters. The molecule has 0 radical (unpaired) electrons. The average molecular weight is 889 g/mol. The number of carbonyl (C=O) groups is 1. The summed E-state index contributed by atoms with van der Waals surface area (Å²) < 4.78 is 51.7. The number of aliphatic hydroxyl groups excluding tert-OH is 7. The molecule has 2 aromatic carbocycles. The molecule has 0 saturated carbocycles. The van der Waals surface area contributed by atoms with E-state index in [1.54, 1.807) is 0 Å². The van der Waals surface area contributed by atoms with Gasteiger partial charge in [0.15, 0.2) is 54.3 Å². The maximum absolute atomic E-state index is 13.4. The van der Waals surface area contributed by atoms with Crippen LogP contribution in [0.2, 0.25) is 0 Å². The molecule has 6 rings (SSSR count). The highest BCUT2D eigenvalue weighted by molar-refractivity contribution is 5.87. The fourth-order valence-electron chi connectivity index (χ4n) is 7.11. The largest absolute Gasteiger partial charge is 0.504 e. The number of hydrogen-bond donors (Lipinski definition) is 13. The highest BCUT2D eigenvalue weighted by atomic mass is 16.8. The molecule has 23 heteroatoms. The lowest BCUT2D eigenvalue weighted by molar-refractivity contribution is -0.367. The molecule has 4 saturated heterocycles. The molecule has 0 spiro atoms. The summed E-state index contributed by atoms with van der Waals surface area (Å²) in [7, 11) is 0. The van der Waals surface area contributed by atoms with Crippen LogP contribution < -0.4 is 0 Å². The zero-order chi connectivity index (χ0) is 45.1. The molecule has 0 bridgehead atoms. The summed E-state index contributed by atoms with van der Waals surface area (Å²) in [6.45, 7) is -2.28. The van der Waals surface area contributed by atoms with E-state index in [0.717, 1.165) is 12.1 Å². The minimum Gasteiger partial charge on any atom is -0.504 e. The quantitative estimate of drug-likeness (QED) is 0.0433. The summed E-state index contributed by atoms with van der Waals surface area (Å²) in [5.41, 5.74) is -3.42. The Hall–Kier alpha value is -3.83. The monoisotopic (exact) mass is 888 g/mol. The molecule has 0 aromatic heterocycles. The molecule has 2 aromatic rings. The number of ether oxygens (including phenoxy) is 9. The first-order chi connectivity index (χ1) is 29.4. The number of carbonyl (C=O) groups excluding carboxylic acids is 1. The number of phenols is 4. The molecule has 0 unspecified atom stereocenters. The Kier molecular flexibility index (Phi) is 15.3. The number of esters is 1. The van der Waals surface area contributed by atoms with Crippen LogP contribution >= 0.6 is 0 Å². The molecular weight excluding hydrogens is 836 g/mol. The summed E-state index contributed by atoms with van der Waals surface area (Å²) in [5, 5.41) is 135. The van der Waals surface area contributed by atoms with Crippen LogP contribution in [0.5, 0.6) is 23.0 Å². The van der Waals surface area contributed by atoms with E-state index in [4.69, 9.17) is 42.6 Å². The summed E-state index contributed by atoms with van der Waals surface area (Å²) in [6, 6.07) is 7.72. The van der Waals surface area contributed by atoms with Crippen LogP contribution in [0.3, 0.4) is 0 Å². The number of aliphatic hydroxyl groups is 9. The Labute approximate surface area is 352 Å². The minimum atomic E-state index is -2.09. The van der Waals surface area contributed by atoms with Crippen molar-refractivity contribution in [3.63, 3.8) is 0 Å². The number of benzene rings is 2. The van der Waals surface area contributed by atoms with Gasteiger partial charge in [0.2, 0.25) is 0 Å². The lowest BCUT2D eigenvalue weighted by atomic mass is 9.96. The Morgan fingerprint density at radius 3 is 1.95 bits per heavy atom. The fourth-order valence-corrected chi connectivity index (χ4v) is 7.11. The van der Waals surface area contributed by atoms with Gasteiger partial charge in [-0.2, -0.15) is 0 Å². The van der Waals surface area contributed by atoms with Crippen molar-refractivity contribution in [2.45, 2.75) is 111 Å². The summed E-state index contributed by atoms with van der Waals surface area (Å²) in [5.74, 6) is -2.77. The van der Waals surface area contributed by atoms with Gasteiger partial charge in [0.1, 0.15) is 60.0 Å².